The Labute approximate surface area is 187 Å². The fourth-order valence-electron chi connectivity index (χ4n) is 6.19. The fraction of sp³-hybridized carbons (Fsp3) is 0.846. The molecular weight excluding hydrogens is 388 g/mol. The van der Waals surface area contributed by atoms with Crippen LogP contribution in [0.2, 0.25) is 18.1 Å². The molecule has 0 amide bonds. The molecule has 0 heterocycles. The highest BCUT2D eigenvalue weighted by molar-refractivity contribution is 6.73. The normalized spacial score (nSPS) is 28.6. The summed E-state index contributed by atoms with van der Waals surface area (Å²) in [5.41, 5.74) is 1.26. The first-order chi connectivity index (χ1) is 14.3. The van der Waals surface area contributed by atoms with Gasteiger partial charge in [0.15, 0.2) is 8.32 Å². The summed E-state index contributed by atoms with van der Waals surface area (Å²) in [6.45, 7) is 13.9. The Morgan fingerprint density at radius 1 is 1.20 bits per heavy atom. The zero-order valence-corrected chi connectivity index (χ0v) is 21.5. The van der Waals surface area contributed by atoms with Crippen molar-refractivity contribution in [1.29, 1.82) is 0 Å². The van der Waals surface area contributed by atoms with E-state index in [1.54, 1.807) is 0 Å². The van der Waals surface area contributed by atoms with E-state index in [9.17, 15) is 10.2 Å². The zero-order chi connectivity index (χ0) is 22.4. The molecule has 0 spiro atoms. The number of allylic oxidation sites excluding steroid dienone is 2. The molecule has 0 saturated heterocycles. The Bertz CT molecular complexity index is 583. The second kappa shape index (κ2) is 10.9. The van der Waals surface area contributed by atoms with Crippen molar-refractivity contribution in [2.75, 3.05) is 6.61 Å². The summed E-state index contributed by atoms with van der Waals surface area (Å²) in [5, 5.41) is 20.8. The second-order valence-electron chi connectivity index (χ2n) is 10.0. The van der Waals surface area contributed by atoms with Gasteiger partial charge in [-0.3, -0.25) is 0 Å². The summed E-state index contributed by atoms with van der Waals surface area (Å²) >= 11 is 0. The molecule has 2 rings (SSSR count). The number of hydrogen-bond donors (Lipinski definition) is 2. The van der Waals surface area contributed by atoms with E-state index in [2.05, 4.69) is 59.8 Å². The van der Waals surface area contributed by atoms with Crippen LogP contribution in [-0.2, 0) is 4.43 Å². The smallest absolute Gasteiger partial charge is 0.193 e. The molecule has 4 heteroatoms. The maximum atomic E-state index is 10.5. The summed E-state index contributed by atoms with van der Waals surface area (Å²) < 4.78 is 6.97. The largest absolute Gasteiger partial charge is 0.408 e. The van der Waals surface area contributed by atoms with E-state index in [1.165, 1.54) is 23.7 Å². The van der Waals surface area contributed by atoms with Gasteiger partial charge in [-0.15, -0.1) is 0 Å². The lowest BCUT2D eigenvalue weighted by atomic mass is 9.63. The third kappa shape index (κ3) is 5.14. The molecule has 2 aliphatic rings. The van der Waals surface area contributed by atoms with Gasteiger partial charge in [0.25, 0.3) is 0 Å². The van der Waals surface area contributed by atoms with Crippen LogP contribution in [0, 0.1) is 17.3 Å². The number of rotatable bonds is 12. The van der Waals surface area contributed by atoms with Gasteiger partial charge in [-0.1, -0.05) is 65.3 Å². The minimum atomic E-state index is -1.69. The minimum absolute atomic E-state index is 0.0523. The van der Waals surface area contributed by atoms with Crippen molar-refractivity contribution in [3.63, 3.8) is 0 Å². The SMILES string of the molecule is CCC(C=CCC(CO)C1=CCC2C(O)CCCC12C)(CC)O[Si](CC)(CC)CC. The third-order valence-corrected chi connectivity index (χ3v) is 13.5. The summed E-state index contributed by atoms with van der Waals surface area (Å²) in [5.74, 6) is 0.483. The van der Waals surface area contributed by atoms with E-state index in [-0.39, 0.29) is 29.6 Å². The molecule has 0 radical (unpaired) electrons. The van der Waals surface area contributed by atoms with Crippen LogP contribution in [-0.4, -0.2) is 36.8 Å². The highest BCUT2D eigenvalue weighted by atomic mass is 28.4. The van der Waals surface area contributed by atoms with Crippen LogP contribution in [0.15, 0.2) is 23.8 Å². The van der Waals surface area contributed by atoms with Crippen molar-refractivity contribution < 1.29 is 14.6 Å². The molecular formula is C26H48O3Si. The van der Waals surface area contributed by atoms with Gasteiger partial charge in [0.1, 0.15) is 0 Å². The molecule has 0 aromatic carbocycles. The highest BCUT2D eigenvalue weighted by Crippen LogP contribution is 2.55. The van der Waals surface area contributed by atoms with Crippen LogP contribution in [0.4, 0.5) is 0 Å². The lowest BCUT2D eigenvalue weighted by Gasteiger charge is -2.43. The average molecular weight is 437 g/mol. The second-order valence-corrected chi connectivity index (χ2v) is 14.7. The Kier molecular flexibility index (Phi) is 9.42. The standard InChI is InChI=1S/C26H48O3Si/c1-7-26(8-2,29-30(9-3,10-4)11-5)19-12-14-21(20-27)22-16-17-23-24(28)15-13-18-25(22,23)6/h12,16,19,21,23-24,27-28H,7-11,13-15,17-18,20H2,1-6H3. The fourth-order valence-corrected chi connectivity index (χ4v) is 9.35. The molecule has 30 heavy (non-hydrogen) atoms. The van der Waals surface area contributed by atoms with E-state index in [1.807, 2.05) is 0 Å². The molecule has 0 aliphatic heterocycles. The Morgan fingerprint density at radius 2 is 1.83 bits per heavy atom. The van der Waals surface area contributed by atoms with E-state index < -0.39 is 8.32 Å². The molecule has 4 atom stereocenters. The topological polar surface area (TPSA) is 49.7 Å². The van der Waals surface area contributed by atoms with Gasteiger partial charge in [0, 0.05) is 12.5 Å². The van der Waals surface area contributed by atoms with Crippen molar-refractivity contribution >= 4 is 8.32 Å². The zero-order valence-electron chi connectivity index (χ0n) is 20.5. The van der Waals surface area contributed by atoms with E-state index in [0.717, 1.165) is 44.9 Å². The third-order valence-electron chi connectivity index (χ3n) is 8.78. The summed E-state index contributed by atoms with van der Waals surface area (Å²) in [4.78, 5) is 0. The van der Waals surface area contributed by atoms with Crippen molar-refractivity contribution in [3.05, 3.63) is 23.8 Å². The maximum absolute atomic E-state index is 10.5. The molecule has 4 unspecified atom stereocenters. The molecule has 0 bridgehead atoms. The van der Waals surface area contributed by atoms with Crippen molar-refractivity contribution in [1.82, 2.24) is 0 Å². The lowest BCUT2D eigenvalue weighted by Crippen LogP contribution is -2.46. The van der Waals surface area contributed by atoms with Crippen LogP contribution in [0.3, 0.4) is 0 Å². The first kappa shape index (κ1) is 25.8. The van der Waals surface area contributed by atoms with Gasteiger partial charge in [-0.05, 0) is 74.4 Å². The van der Waals surface area contributed by atoms with Crippen LogP contribution < -0.4 is 0 Å². The van der Waals surface area contributed by atoms with Crippen molar-refractivity contribution in [2.24, 2.45) is 17.3 Å². The summed E-state index contributed by atoms with van der Waals surface area (Å²) in [6.07, 6.45) is 13.7. The van der Waals surface area contributed by atoms with Gasteiger partial charge < -0.3 is 14.6 Å². The van der Waals surface area contributed by atoms with E-state index in [4.69, 9.17) is 4.43 Å². The Morgan fingerprint density at radius 3 is 2.37 bits per heavy atom. The van der Waals surface area contributed by atoms with Crippen LogP contribution >= 0.6 is 0 Å². The van der Waals surface area contributed by atoms with Crippen LogP contribution in [0.5, 0.6) is 0 Å². The summed E-state index contributed by atoms with van der Waals surface area (Å²) in [6, 6.07) is 3.51. The Balaban J connectivity index is 2.15. The molecule has 0 aromatic rings. The molecule has 3 nitrogen and oxygen atoms in total. The minimum Gasteiger partial charge on any atom is -0.408 e. The molecule has 0 aromatic heterocycles. The van der Waals surface area contributed by atoms with E-state index >= 15 is 0 Å². The van der Waals surface area contributed by atoms with Crippen molar-refractivity contribution in [3.8, 4) is 0 Å². The Hall–Kier alpha value is -0.423. The predicted molar refractivity (Wildman–Crippen MR) is 130 cm³/mol. The van der Waals surface area contributed by atoms with Gasteiger partial charge in [0.05, 0.1) is 11.7 Å². The average Bonchev–Trinajstić information content (AvgIpc) is 3.12. The summed E-state index contributed by atoms with van der Waals surface area (Å²) in [7, 11) is -1.69. The number of aliphatic hydroxyl groups is 2. The van der Waals surface area contributed by atoms with Crippen LogP contribution in [0.25, 0.3) is 0 Å². The number of aliphatic hydroxyl groups excluding tert-OH is 2. The quantitative estimate of drug-likeness (QED) is 0.267. The monoisotopic (exact) mass is 436 g/mol. The molecule has 2 aliphatic carbocycles. The first-order valence-corrected chi connectivity index (χ1v) is 15.2. The predicted octanol–water partition coefficient (Wildman–Crippen LogP) is 6.62. The highest BCUT2D eigenvalue weighted by Gasteiger charge is 2.48. The molecule has 174 valence electrons. The first-order valence-electron chi connectivity index (χ1n) is 12.7. The molecule has 1 saturated carbocycles. The van der Waals surface area contributed by atoms with E-state index in [0.29, 0.717) is 5.92 Å². The number of hydrogen-bond acceptors (Lipinski definition) is 3. The van der Waals surface area contributed by atoms with Gasteiger partial charge in [0.2, 0.25) is 0 Å². The van der Waals surface area contributed by atoms with Crippen LogP contribution in [0.1, 0.15) is 86.5 Å². The molecule has 1 fully saturated rings. The lowest BCUT2D eigenvalue weighted by molar-refractivity contribution is 0.00601. The van der Waals surface area contributed by atoms with Crippen molar-refractivity contribution in [2.45, 2.75) is 116 Å². The maximum Gasteiger partial charge on any atom is 0.193 e. The van der Waals surface area contributed by atoms with Gasteiger partial charge in [-0.2, -0.15) is 0 Å². The molecule has 2 N–H and O–H groups in total. The van der Waals surface area contributed by atoms with Gasteiger partial charge in [-0.25, -0.2) is 0 Å². The number of fused-ring (bicyclic) bond motifs is 1. The van der Waals surface area contributed by atoms with Gasteiger partial charge >= 0.3 is 0 Å².